The topological polar surface area (TPSA) is 114 Å². The minimum atomic E-state index is -3.93. The molecule has 1 saturated carbocycles. The molecule has 10 nitrogen and oxygen atoms in total. The molecule has 5 heterocycles. The van der Waals surface area contributed by atoms with Crippen molar-refractivity contribution in [1.82, 2.24) is 29.6 Å². The van der Waals surface area contributed by atoms with Gasteiger partial charge in [0.25, 0.3) is 6.43 Å². The molecule has 3 aromatic rings. The maximum atomic E-state index is 13.6. The molecule has 0 unspecified atom stereocenters. The minimum absolute atomic E-state index is 0.0871. The van der Waals surface area contributed by atoms with Crippen molar-refractivity contribution in [2.24, 2.45) is 0 Å². The number of anilines is 1. The van der Waals surface area contributed by atoms with Gasteiger partial charge >= 0.3 is 0 Å². The molecule has 1 aliphatic carbocycles. The molecule has 14 heteroatoms. The molecule has 2 N–H and O–H groups in total. The summed E-state index contributed by atoms with van der Waals surface area (Å²) in [6, 6.07) is 3.65. The molecule has 3 aromatic heterocycles. The van der Waals surface area contributed by atoms with Crippen LogP contribution in [0.1, 0.15) is 56.8 Å². The Kier molecular flexibility index (Phi) is 6.02. The SMILES string of the molecule is C[C@H]1CN(c2cc(S(=O)(=O)NC3(C)COC3)cc3c(-c4nnc(C(F)F)s4)nc(C4CC4)n23)C[C@H](C)N1. The number of sulfonamides is 1. The lowest BCUT2D eigenvalue weighted by atomic mass is 10.0. The van der Waals surface area contributed by atoms with Crippen molar-refractivity contribution in [2.75, 3.05) is 31.2 Å². The molecular weight excluding hydrogens is 524 g/mol. The Balaban J connectivity index is 1.57. The van der Waals surface area contributed by atoms with Gasteiger partial charge < -0.3 is 15.0 Å². The fourth-order valence-corrected chi connectivity index (χ4v) is 7.25. The fraction of sp³-hybridized carbons (Fsp3) is 0.609. The molecular formula is C23H29F2N7O3S2. The summed E-state index contributed by atoms with van der Waals surface area (Å²) >= 11 is 0.779. The number of nitrogens with zero attached hydrogens (tertiary/aromatic N) is 5. The highest BCUT2D eigenvalue weighted by Crippen LogP contribution is 2.44. The number of alkyl halides is 2. The molecule has 37 heavy (non-hydrogen) atoms. The van der Waals surface area contributed by atoms with E-state index in [-0.39, 0.29) is 27.9 Å². The maximum Gasteiger partial charge on any atom is 0.291 e. The van der Waals surface area contributed by atoms with Gasteiger partial charge in [0, 0.05) is 31.1 Å². The minimum Gasteiger partial charge on any atom is -0.377 e. The zero-order chi connectivity index (χ0) is 26.1. The van der Waals surface area contributed by atoms with Crippen LogP contribution in [-0.2, 0) is 14.8 Å². The Morgan fingerprint density at radius 2 is 1.89 bits per heavy atom. The van der Waals surface area contributed by atoms with Gasteiger partial charge in [-0.3, -0.25) is 4.40 Å². The van der Waals surface area contributed by atoms with E-state index in [9.17, 15) is 17.2 Å². The quantitative estimate of drug-likeness (QED) is 0.459. The number of rotatable bonds is 7. The Labute approximate surface area is 217 Å². The number of ether oxygens (including phenoxy) is 1. The molecule has 2 atom stereocenters. The Bertz CT molecular complexity index is 1440. The third-order valence-electron chi connectivity index (χ3n) is 6.90. The van der Waals surface area contributed by atoms with Gasteiger partial charge in [-0.25, -0.2) is 26.9 Å². The van der Waals surface area contributed by atoms with Crippen LogP contribution in [0.4, 0.5) is 14.6 Å². The molecule has 0 radical (unpaired) electrons. The summed E-state index contributed by atoms with van der Waals surface area (Å²) in [5.74, 6) is 1.73. The highest BCUT2D eigenvalue weighted by Gasteiger charge is 2.39. The zero-order valence-corrected chi connectivity index (χ0v) is 22.4. The number of pyridine rings is 1. The predicted octanol–water partition coefficient (Wildman–Crippen LogP) is 2.92. The van der Waals surface area contributed by atoms with Crippen molar-refractivity contribution in [2.45, 2.75) is 68.5 Å². The summed E-state index contributed by atoms with van der Waals surface area (Å²) in [4.78, 5) is 7.12. The highest BCUT2D eigenvalue weighted by atomic mass is 32.2. The zero-order valence-electron chi connectivity index (χ0n) is 20.7. The van der Waals surface area contributed by atoms with Crippen molar-refractivity contribution in [3.05, 3.63) is 23.0 Å². The van der Waals surface area contributed by atoms with E-state index in [1.807, 2.05) is 4.40 Å². The summed E-state index contributed by atoms with van der Waals surface area (Å²) < 4.78 is 63.8. The van der Waals surface area contributed by atoms with Crippen LogP contribution < -0.4 is 14.9 Å². The summed E-state index contributed by atoms with van der Waals surface area (Å²) in [5.41, 5.74) is 0.209. The lowest BCUT2D eigenvalue weighted by Crippen LogP contribution is -2.59. The van der Waals surface area contributed by atoms with Crippen LogP contribution in [0.3, 0.4) is 0 Å². The Morgan fingerprint density at radius 1 is 1.19 bits per heavy atom. The number of halogens is 2. The normalized spacial score (nSPS) is 24.1. The molecule has 3 aliphatic rings. The van der Waals surface area contributed by atoms with Crippen LogP contribution >= 0.6 is 11.3 Å². The first-order valence-corrected chi connectivity index (χ1v) is 14.6. The fourth-order valence-electron chi connectivity index (χ4n) is 5.14. The van der Waals surface area contributed by atoms with Gasteiger partial charge in [0.05, 0.1) is 29.2 Å². The van der Waals surface area contributed by atoms with Crippen LogP contribution in [0.15, 0.2) is 17.0 Å². The highest BCUT2D eigenvalue weighted by molar-refractivity contribution is 7.89. The van der Waals surface area contributed by atoms with E-state index in [4.69, 9.17) is 9.72 Å². The van der Waals surface area contributed by atoms with E-state index in [0.29, 0.717) is 43.3 Å². The third kappa shape index (κ3) is 4.62. The average molecular weight is 554 g/mol. The molecule has 0 aromatic carbocycles. The van der Waals surface area contributed by atoms with Gasteiger partial charge in [0.15, 0.2) is 10.0 Å². The van der Waals surface area contributed by atoms with Gasteiger partial charge in [-0.2, -0.15) is 0 Å². The molecule has 6 rings (SSSR count). The monoisotopic (exact) mass is 553 g/mol. The largest absolute Gasteiger partial charge is 0.377 e. The van der Waals surface area contributed by atoms with E-state index in [2.05, 4.69) is 39.0 Å². The van der Waals surface area contributed by atoms with E-state index in [0.717, 1.165) is 30.0 Å². The lowest BCUT2D eigenvalue weighted by molar-refractivity contribution is -0.0523. The Hall–Kier alpha value is -2.26. The summed E-state index contributed by atoms with van der Waals surface area (Å²) in [6.07, 6.45) is -0.817. The molecule has 2 aliphatic heterocycles. The van der Waals surface area contributed by atoms with Crippen molar-refractivity contribution >= 4 is 32.7 Å². The number of aromatic nitrogens is 4. The summed E-state index contributed by atoms with van der Waals surface area (Å²) in [6.45, 7) is 7.91. The second kappa shape index (κ2) is 8.90. The van der Waals surface area contributed by atoms with Crippen LogP contribution in [-0.4, -0.2) is 71.9 Å². The van der Waals surface area contributed by atoms with E-state index in [1.54, 1.807) is 19.1 Å². The average Bonchev–Trinajstić information content (AvgIpc) is 3.39. The second-order valence-corrected chi connectivity index (χ2v) is 13.3. The molecule has 3 fully saturated rings. The van der Waals surface area contributed by atoms with Crippen LogP contribution in [0.2, 0.25) is 0 Å². The first-order chi connectivity index (χ1) is 17.5. The standard InChI is InChI=1S/C23H29F2N7O3S2/c1-12-8-31(9-13(2)26-12)17-7-15(37(33,34)30-23(3)10-35-11-23)6-16-18(21-28-29-22(36-21)19(24)25)27-20(32(16)17)14-4-5-14/h6-7,12-14,19,26,30H,4-5,8-11H2,1-3H3/t12-,13-/m0/s1. The third-order valence-corrected chi connectivity index (χ3v) is 9.46. The van der Waals surface area contributed by atoms with Crippen LogP contribution in [0.5, 0.6) is 0 Å². The number of piperazine rings is 1. The van der Waals surface area contributed by atoms with Gasteiger partial charge in [0.2, 0.25) is 10.0 Å². The molecule has 200 valence electrons. The second-order valence-electron chi connectivity index (χ2n) is 10.6. The molecule has 2 saturated heterocycles. The van der Waals surface area contributed by atoms with Crippen molar-refractivity contribution in [3.63, 3.8) is 0 Å². The summed E-state index contributed by atoms with van der Waals surface area (Å²) in [5, 5.41) is 11.0. The first kappa shape index (κ1) is 25.0. The van der Waals surface area contributed by atoms with E-state index < -0.39 is 27.0 Å². The Morgan fingerprint density at radius 3 is 2.46 bits per heavy atom. The van der Waals surface area contributed by atoms with Gasteiger partial charge in [0.1, 0.15) is 17.3 Å². The van der Waals surface area contributed by atoms with Crippen LogP contribution in [0.25, 0.3) is 16.2 Å². The number of hydrogen-bond acceptors (Lipinski definition) is 9. The molecule has 0 amide bonds. The number of nitrogens with one attached hydrogen (secondary N) is 2. The van der Waals surface area contributed by atoms with Crippen molar-refractivity contribution in [1.29, 1.82) is 0 Å². The first-order valence-electron chi connectivity index (χ1n) is 12.3. The number of fused-ring (bicyclic) bond motifs is 1. The van der Waals surface area contributed by atoms with E-state index in [1.165, 1.54) is 0 Å². The van der Waals surface area contributed by atoms with Crippen molar-refractivity contribution in [3.8, 4) is 10.7 Å². The van der Waals surface area contributed by atoms with Gasteiger partial charge in [-0.05, 0) is 45.7 Å². The summed E-state index contributed by atoms with van der Waals surface area (Å²) in [7, 11) is -3.93. The van der Waals surface area contributed by atoms with E-state index >= 15 is 0 Å². The van der Waals surface area contributed by atoms with Gasteiger partial charge in [-0.15, -0.1) is 10.2 Å². The lowest BCUT2D eigenvalue weighted by Gasteiger charge is -2.39. The van der Waals surface area contributed by atoms with Crippen molar-refractivity contribution < 1.29 is 21.9 Å². The smallest absolute Gasteiger partial charge is 0.291 e. The predicted molar refractivity (Wildman–Crippen MR) is 135 cm³/mol. The maximum absolute atomic E-state index is 13.6. The molecule has 0 spiro atoms. The van der Waals surface area contributed by atoms with Gasteiger partial charge in [-0.1, -0.05) is 11.3 Å². The number of hydrogen-bond donors (Lipinski definition) is 2. The number of imidazole rings is 1. The van der Waals surface area contributed by atoms with Crippen LogP contribution in [0, 0.1) is 0 Å². The molecule has 0 bridgehead atoms.